The number of benzene rings is 3. The summed E-state index contributed by atoms with van der Waals surface area (Å²) in [4.78, 5) is 19.9. The highest BCUT2D eigenvalue weighted by Crippen LogP contribution is 2.36. The van der Waals surface area contributed by atoms with E-state index in [4.69, 9.17) is 27.9 Å². The summed E-state index contributed by atoms with van der Waals surface area (Å²) in [6.07, 6.45) is 1.72. The fourth-order valence-electron chi connectivity index (χ4n) is 7.60. The van der Waals surface area contributed by atoms with Gasteiger partial charge in [0.1, 0.15) is 6.04 Å². The number of hydrogen-bond acceptors (Lipinski definition) is 7. The molecular formula is C40H53Cl2FN4O5S. The molecule has 0 aromatic heterocycles. The van der Waals surface area contributed by atoms with Gasteiger partial charge in [-0.15, -0.1) is 0 Å². The number of hydrogen-bond donors (Lipinski definition) is 1. The molecule has 2 atom stereocenters. The molecule has 2 unspecified atom stereocenters. The zero-order chi connectivity index (χ0) is 38.7. The molecule has 0 spiro atoms. The van der Waals surface area contributed by atoms with Gasteiger partial charge in [0, 0.05) is 60.9 Å². The van der Waals surface area contributed by atoms with Gasteiger partial charge in [-0.1, -0.05) is 80.4 Å². The maximum absolute atomic E-state index is 15.7. The minimum atomic E-state index is -3.69. The third kappa shape index (κ3) is 10.3. The number of sulfonamides is 1. The zero-order valence-corrected chi connectivity index (χ0v) is 33.9. The molecule has 0 saturated carbocycles. The molecule has 290 valence electrons. The topological polar surface area (TPSA) is 93.6 Å². The maximum atomic E-state index is 15.7. The predicted octanol–water partition coefficient (Wildman–Crippen LogP) is 6.92. The first-order valence-corrected chi connectivity index (χ1v) is 20.5. The van der Waals surface area contributed by atoms with Crippen molar-refractivity contribution in [3.05, 3.63) is 98.8 Å². The fourth-order valence-corrected chi connectivity index (χ4v) is 9.62. The van der Waals surface area contributed by atoms with E-state index in [0.717, 1.165) is 29.7 Å². The summed E-state index contributed by atoms with van der Waals surface area (Å²) >= 11 is 12.6. The number of aliphatic hydroxyl groups is 1. The molecule has 13 heteroatoms. The molecule has 3 aromatic carbocycles. The summed E-state index contributed by atoms with van der Waals surface area (Å²) in [5.74, 6) is -0.705. The molecule has 2 aliphatic heterocycles. The lowest BCUT2D eigenvalue weighted by molar-refractivity contribution is -0.139. The smallest absolute Gasteiger partial charge is 0.241 e. The number of nitrogens with zero attached hydrogens (tertiary/aromatic N) is 4. The predicted molar refractivity (Wildman–Crippen MR) is 209 cm³/mol. The Labute approximate surface area is 324 Å². The van der Waals surface area contributed by atoms with Gasteiger partial charge in [0.2, 0.25) is 15.9 Å². The van der Waals surface area contributed by atoms with Crippen LogP contribution in [-0.2, 0) is 40.1 Å². The lowest BCUT2D eigenvalue weighted by atomic mass is 9.84. The van der Waals surface area contributed by atoms with Crippen molar-refractivity contribution >= 4 is 39.1 Å². The second kappa shape index (κ2) is 16.9. The van der Waals surface area contributed by atoms with Crippen molar-refractivity contribution in [3.8, 4) is 5.75 Å². The molecule has 1 amide bonds. The highest BCUT2D eigenvalue weighted by atomic mass is 35.5. The first-order chi connectivity index (χ1) is 24.9. The first-order valence-electron chi connectivity index (χ1n) is 18.1. The lowest BCUT2D eigenvalue weighted by Crippen LogP contribution is -2.51. The highest BCUT2D eigenvalue weighted by molar-refractivity contribution is 7.89. The number of amides is 1. The van der Waals surface area contributed by atoms with Crippen LogP contribution in [0.15, 0.2) is 60.7 Å². The summed E-state index contributed by atoms with van der Waals surface area (Å²) in [6.45, 7) is 8.65. The van der Waals surface area contributed by atoms with Crippen LogP contribution in [0.2, 0.25) is 10.0 Å². The zero-order valence-electron chi connectivity index (χ0n) is 31.6. The van der Waals surface area contributed by atoms with Gasteiger partial charge in [0.05, 0.1) is 18.5 Å². The highest BCUT2D eigenvalue weighted by Gasteiger charge is 2.45. The number of ether oxygens (including phenoxy) is 1. The Morgan fingerprint density at radius 3 is 2.32 bits per heavy atom. The fraction of sp³-hybridized carbons (Fsp3) is 0.525. The monoisotopic (exact) mass is 790 g/mol. The Morgan fingerprint density at radius 1 is 1.04 bits per heavy atom. The second-order valence-electron chi connectivity index (χ2n) is 16.0. The van der Waals surface area contributed by atoms with Crippen LogP contribution in [0.3, 0.4) is 0 Å². The van der Waals surface area contributed by atoms with Gasteiger partial charge in [0.15, 0.2) is 11.6 Å². The number of carbonyl (C=O) groups excluding carboxylic acids is 1. The number of carbonyl (C=O) groups is 1. The van der Waals surface area contributed by atoms with Gasteiger partial charge < -0.3 is 19.6 Å². The van der Waals surface area contributed by atoms with Gasteiger partial charge >= 0.3 is 0 Å². The number of methoxy groups -OCH3 is 1. The Morgan fingerprint density at radius 2 is 1.70 bits per heavy atom. The molecule has 0 aliphatic carbocycles. The molecule has 0 radical (unpaired) electrons. The lowest BCUT2D eigenvalue weighted by Gasteiger charge is -2.40. The van der Waals surface area contributed by atoms with E-state index >= 15 is 4.39 Å². The Bertz CT molecular complexity index is 1850. The molecule has 2 fully saturated rings. The van der Waals surface area contributed by atoms with Crippen molar-refractivity contribution in [2.75, 3.05) is 46.6 Å². The van der Waals surface area contributed by atoms with Crippen LogP contribution in [0.1, 0.15) is 68.7 Å². The maximum Gasteiger partial charge on any atom is 0.241 e. The van der Waals surface area contributed by atoms with Crippen LogP contribution in [0.4, 0.5) is 4.39 Å². The van der Waals surface area contributed by atoms with Crippen LogP contribution >= 0.6 is 23.2 Å². The van der Waals surface area contributed by atoms with Crippen molar-refractivity contribution < 1.29 is 27.4 Å². The molecule has 2 heterocycles. The summed E-state index contributed by atoms with van der Waals surface area (Å²) in [6, 6.07) is 17.2. The molecule has 2 aliphatic rings. The quantitative estimate of drug-likeness (QED) is 0.201. The van der Waals surface area contributed by atoms with E-state index in [1.54, 1.807) is 35.2 Å². The third-order valence-electron chi connectivity index (χ3n) is 10.3. The van der Waals surface area contributed by atoms with Crippen LogP contribution in [0.25, 0.3) is 0 Å². The van der Waals surface area contributed by atoms with Crippen LogP contribution in [0.5, 0.6) is 5.75 Å². The number of piperidine rings is 1. The molecule has 1 N–H and O–H groups in total. The van der Waals surface area contributed by atoms with Gasteiger partial charge in [-0.3, -0.25) is 9.69 Å². The van der Waals surface area contributed by atoms with Crippen molar-refractivity contribution in [3.63, 3.8) is 0 Å². The molecule has 3 aromatic rings. The van der Waals surface area contributed by atoms with E-state index in [2.05, 4.69) is 30.6 Å². The van der Waals surface area contributed by atoms with Crippen LogP contribution < -0.4 is 4.74 Å². The number of halogens is 3. The summed E-state index contributed by atoms with van der Waals surface area (Å²) in [7, 11) is 1.78. The van der Waals surface area contributed by atoms with E-state index in [-0.39, 0.29) is 48.4 Å². The standard InChI is InChI=1S/C40H53Cl2FN4O5S/c1-39(2,3)23-32(26-44(4)5)46(27-33-34(42)14-15-36(52-6)37(33)43)24-28-8-7-9-29(22-28)25-47-35(16-21-53(47,50)51)38(48)45-19-17-40(49,18-20-45)30-10-12-31(41)13-11-30/h7-15,22,32,35,49H,16-21,23-27H2,1-6H3. The summed E-state index contributed by atoms with van der Waals surface area (Å²) in [5, 5.41) is 12.3. The number of likely N-dealkylation sites (N-methyl/N-ethyl adjacent to an activating group) is 1. The van der Waals surface area contributed by atoms with Gasteiger partial charge in [-0.2, -0.15) is 4.31 Å². The van der Waals surface area contributed by atoms with E-state index < -0.39 is 27.5 Å². The first kappa shape index (κ1) is 41.4. The second-order valence-corrected chi connectivity index (χ2v) is 18.9. The van der Waals surface area contributed by atoms with Gasteiger partial charge in [0.25, 0.3) is 0 Å². The SMILES string of the molecule is COc1ccc(Cl)c(CN(Cc2cccc(CN3C(C(=O)N4CCC(O)(c5ccc(Cl)cc5)CC4)CCS3(=O)=O)c2)C(CN(C)C)CC(C)(C)C)c1F. The number of likely N-dealkylation sites (tertiary alicyclic amines) is 1. The van der Waals surface area contributed by atoms with Gasteiger partial charge in [-0.25, -0.2) is 12.8 Å². The van der Waals surface area contributed by atoms with Crippen molar-refractivity contribution in [2.45, 2.75) is 83.8 Å². The molecule has 9 nitrogen and oxygen atoms in total. The van der Waals surface area contributed by atoms with Crippen molar-refractivity contribution in [1.82, 2.24) is 19.0 Å². The summed E-state index contributed by atoms with van der Waals surface area (Å²) < 4.78 is 49.1. The Kier molecular flexibility index (Phi) is 13.2. The van der Waals surface area contributed by atoms with Crippen LogP contribution in [0, 0.1) is 11.2 Å². The van der Waals surface area contributed by atoms with E-state index in [1.807, 2.05) is 38.4 Å². The molecule has 2 saturated heterocycles. The van der Waals surface area contributed by atoms with Gasteiger partial charge in [-0.05, 0) is 86.1 Å². The summed E-state index contributed by atoms with van der Waals surface area (Å²) in [5.41, 5.74) is 1.68. The molecule has 53 heavy (non-hydrogen) atoms. The third-order valence-corrected chi connectivity index (χ3v) is 12.8. The molecule has 5 rings (SSSR count). The van der Waals surface area contributed by atoms with E-state index in [9.17, 15) is 18.3 Å². The van der Waals surface area contributed by atoms with Crippen LogP contribution in [-0.4, -0.2) is 97.1 Å². The normalized spacial score (nSPS) is 19.5. The van der Waals surface area contributed by atoms with E-state index in [0.29, 0.717) is 48.1 Å². The average molecular weight is 792 g/mol. The average Bonchev–Trinajstić information content (AvgIpc) is 3.38. The largest absolute Gasteiger partial charge is 0.494 e. The Hall–Kier alpha value is -2.77. The minimum absolute atomic E-state index is 0.0218. The van der Waals surface area contributed by atoms with E-state index in [1.165, 1.54) is 17.5 Å². The Balaban J connectivity index is 1.36. The van der Waals surface area contributed by atoms with Crippen molar-refractivity contribution in [2.24, 2.45) is 5.41 Å². The minimum Gasteiger partial charge on any atom is -0.494 e. The van der Waals surface area contributed by atoms with Crippen molar-refractivity contribution in [1.29, 1.82) is 0 Å². The molecular weight excluding hydrogens is 738 g/mol. The molecule has 0 bridgehead atoms. The number of rotatable bonds is 13.